The predicted octanol–water partition coefficient (Wildman–Crippen LogP) is 3.53. The lowest BCUT2D eigenvalue weighted by molar-refractivity contribution is -0.124. The number of carbonyl (C=O) groups is 2. The number of ether oxygens (including phenoxy) is 1. The molecule has 1 aliphatic heterocycles. The zero-order valence-corrected chi connectivity index (χ0v) is 12.6. The molecule has 106 valence electrons. The number of benzene rings is 1. The fourth-order valence-electron chi connectivity index (χ4n) is 1.93. The topological polar surface area (TPSA) is 46.6 Å². The van der Waals surface area contributed by atoms with Crippen LogP contribution in [0.15, 0.2) is 29.2 Å². The van der Waals surface area contributed by atoms with E-state index in [9.17, 15) is 9.59 Å². The Balaban J connectivity index is 2.27. The number of imide groups is 1. The van der Waals surface area contributed by atoms with Crippen molar-refractivity contribution in [3.05, 3.63) is 34.7 Å². The quantitative estimate of drug-likeness (QED) is 0.796. The molecule has 0 bridgehead atoms. The van der Waals surface area contributed by atoms with Gasteiger partial charge in [0.05, 0.1) is 12.0 Å². The van der Waals surface area contributed by atoms with Crippen LogP contribution in [0.3, 0.4) is 0 Å². The number of hydrogen-bond acceptors (Lipinski definition) is 4. The van der Waals surface area contributed by atoms with Crippen LogP contribution < -0.4 is 4.74 Å². The largest absolute Gasteiger partial charge is 0.497 e. The van der Waals surface area contributed by atoms with Gasteiger partial charge in [0.1, 0.15) is 5.75 Å². The second-order valence-electron chi connectivity index (χ2n) is 4.59. The molecule has 0 radical (unpaired) electrons. The van der Waals surface area contributed by atoms with Gasteiger partial charge in [0, 0.05) is 6.04 Å². The maximum atomic E-state index is 12.3. The van der Waals surface area contributed by atoms with E-state index in [1.807, 2.05) is 38.1 Å². The Morgan fingerprint density at radius 1 is 1.40 bits per heavy atom. The molecule has 1 saturated heterocycles. The molecule has 20 heavy (non-hydrogen) atoms. The molecule has 0 aromatic heterocycles. The van der Waals surface area contributed by atoms with E-state index in [-0.39, 0.29) is 17.2 Å². The summed E-state index contributed by atoms with van der Waals surface area (Å²) in [6.07, 6.45) is 2.49. The summed E-state index contributed by atoms with van der Waals surface area (Å²) in [6, 6.07) is 7.32. The lowest BCUT2D eigenvalue weighted by Gasteiger charge is -2.19. The number of methoxy groups -OCH3 is 1. The molecule has 5 heteroatoms. The molecule has 1 aliphatic rings. The van der Waals surface area contributed by atoms with E-state index in [2.05, 4.69) is 0 Å². The van der Waals surface area contributed by atoms with Gasteiger partial charge in [-0.3, -0.25) is 14.5 Å². The second-order valence-corrected chi connectivity index (χ2v) is 5.58. The number of hydrogen-bond donors (Lipinski definition) is 0. The van der Waals surface area contributed by atoms with Crippen molar-refractivity contribution in [3.63, 3.8) is 0 Å². The first-order valence-electron chi connectivity index (χ1n) is 6.48. The average molecular weight is 291 g/mol. The SMILES string of the molecule is CC[C@@H](C)N1C(=O)S/C(=C\c2cccc(OC)c2)C1=O. The van der Waals surface area contributed by atoms with Crippen LogP contribution in [0, 0.1) is 0 Å². The Hall–Kier alpha value is -1.75. The summed E-state index contributed by atoms with van der Waals surface area (Å²) in [6.45, 7) is 3.84. The van der Waals surface area contributed by atoms with Crippen LogP contribution in [0.4, 0.5) is 4.79 Å². The highest BCUT2D eigenvalue weighted by Crippen LogP contribution is 2.34. The maximum absolute atomic E-state index is 12.3. The van der Waals surface area contributed by atoms with Crippen LogP contribution in [0.1, 0.15) is 25.8 Å². The van der Waals surface area contributed by atoms with Crippen molar-refractivity contribution in [1.82, 2.24) is 4.90 Å². The summed E-state index contributed by atoms with van der Waals surface area (Å²) in [5.41, 5.74) is 0.846. The standard InChI is InChI=1S/C15H17NO3S/c1-4-10(2)16-14(17)13(20-15(16)18)9-11-6-5-7-12(8-11)19-3/h5-10H,4H2,1-3H3/b13-9-/t10-/m1/s1. The molecule has 1 aromatic carbocycles. The van der Waals surface area contributed by atoms with Crippen molar-refractivity contribution in [2.75, 3.05) is 7.11 Å². The normalized spacial score (nSPS) is 18.8. The van der Waals surface area contributed by atoms with Gasteiger partial charge in [0.25, 0.3) is 11.1 Å². The minimum Gasteiger partial charge on any atom is -0.497 e. The fraction of sp³-hybridized carbons (Fsp3) is 0.333. The predicted molar refractivity (Wildman–Crippen MR) is 80.6 cm³/mol. The van der Waals surface area contributed by atoms with Gasteiger partial charge >= 0.3 is 0 Å². The Morgan fingerprint density at radius 2 is 2.15 bits per heavy atom. The number of nitrogens with zero attached hydrogens (tertiary/aromatic N) is 1. The summed E-state index contributed by atoms with van der Waals surface area (Å²) in [5.74, 6) is 0.511. The van der Waals surface area contributed by atoms with Crippen molar-refractivity contribution in [2.24, 2.45) is 0 Å². The number of amides is 2. The highest BCUT2D eigenvalue weighted by atomic mass is 32.2. The first-order chi connectivity index (χ1) is 9.56. The summed E-state index contributed by atoms with van der Waals surface area (Å²) < 4.78 is 5.15. The van der Waals surface area contributed by atoms with Crippen LogP contribution in [-0.2, 0) is 4.79 Å². The van der Waals surface area contributed by atoms with Gasteiger partial charge in [-0.2, -0.15) is 0 Å². The average Bonchev–Trinajstić information content (AvgIpc) is 2.73. The van der Waals surface area contributed by atoms with E-state index in [1.165, 1.54) is 4.90 Å². The van der Waals surface area contributed by atoms with Crippen molar-refractivity contribution in [2.45, 2.75) is 26.3 Å². The molecule has 0 aliphatic carbocycles. The van der Waals surface area contributed by atoms with E-state index < -0.39 is 0 Å². The summed E-state index contributed by atoms with van der Waals surface area (Å²) >= 11 is 0.992. The molecule has 1 heterocycles. The monoisotopic (exact) mass is 291 g/mol. The lowest BCUT2D eigenvalue weighted by Crippen LogP contribution is -2.36. The molecule has 2 rings (SSSR count). The van der Waals surface area contributed by atoms with Gasteiger partial charge < -0.3 is 4.74 Å². The molecule has 1 fully saturated rings. The van der Waals surface area contributed by atoms with Gasteiger partial charge in [0.15, 0.2) is 0 Å². The van der Waals surface area contributed by atoms with Gasteiger partial charge in [0.2, 0.25) is 0 Å². The fourth-order valence-corrected chi connectivity index (χ4v) is 2.86. The number of thioether (sulfide) groups is 1. The highest BCUT2D eigenvalue weighted by molar-refractivity contribution is 8.18. The van der Waals surface area contributed by atoms with Crippen LogP contribution in [0.2, 0.25) is 0 Å². The lowest BCUT2D eigenvalue weighted by atomic mass is 10.2. The third kappa shape index (κ3) is 2.88. The molecule has 1 aromatic rings. The third-order valence-electron chi connectivity index (χ3n) is 3.25. The molecule has 0 unspecified atom stereocenters. The minimum absolute atomic E-state index is 0.0706. The molecular formula is C15H17NO3S. The Bertz CT molecular complexity index is 568. The summed E-state index contributed by atoms with van der Waals surface area (Å²) in [4.78, 5) is 26.0. The molecule has 0 saturated carbocycles. The van der Waals surface area contributed by atoms with Crippen molar-refractivity contribution < 1.29 is 14.3 Å². The molecule has 0 spiro atoms. The second kappa shape index (κ2) is 6.13. The van der Waals surface area contributed by atoms with Crippen molar-refractivity contribution in [1.29, 1.82) is 0 Å². The van der Waals surface area contributed by atoms with Crippen LogP contribution in [-0.4, -0.2) is 29.2 Å². The summed E-state index contributed by atoms with van der Waals surface area (Å²) in [5, 5.41) is -0.196. The Labute approximate surface area is 122 Å². The van der Waals surface area contributed by atoms with E-state index >= 15 is 0 Å². The number of carbonyl (C=O) groups excluding carboxylic acids is 2. The van der Waals surface area contributed by atoms with Crippen LogP contribution >= 0.6 is 11.8 Å². The van der Waals surface area contributed by atoms with E-state index in [4.69, 9.17) is 4.74 Å². The molecular weight excluding hydrogens is 274 g/mol. The minimum atomic E-state index is -0.211. The summed E-state index contributed by atoms with van der Waals surface area (Å²) in [7, 11) is 1.59. The molecule has 1 atom stereocenters. The molecule has 0 N–H and O–H groups in total. The van der Waals surface area contributed by atoms with Gasteiger partial charge in [-0.15, -0.1) is 0 Å². The van der Waals surface area contributed by atoms with Crippen molar-refractivity contribution >= 4 is 29.0 Å². The Kier molecular flexibility index (Phi) is 4.49. The molecule has 2 amide bonds. The first-order valence-corrected chi connectivity index (χ1v) is 7.29. The van der Waals surface area contributed by atoms with E-state index in [0.29, 0.717) is 4.91 Å². The third-order valence-corrected chi connectivity index (χ3v) is 4.13. The zero-order valence-electron chi connectivity index (χ0n) is 11.8. The van der Waals surface area contributed by atoms with E-state index in [1.54, 1.807) is 13.2 Å². The van der Waals surface area contributed by atoms with Crippen LogP contribution in [0.25, 0.3) is 6.08 Å². The molecule has 4 nitrogen and oxygen atoms in total. The first kappa shape index (κ1) is 14.7. The van der Waals surface area contributed by atoms with Gasteiger partial charge in [-0.05, 0) is 48.9 Å². The van der Waals surface area contributed by atoms with Crippen LogP contribution in [0.5, 0.6) is 5.75 Å². The van der Waals surface area contributed by atoms with Crippen molar-refractivity contribution in [3.8, 4) is 5.75 Å². The zero-order chi connectivity index (χ0) is 14.7. The van der Waals surface area contributed by atoms with E-state index in [0.717, 1.165) is 29.5 Å². The Morgan fingerprint density at radius 3 is 2.80 bits per heavy atom. The highest BCUT2D eigenvalue weighted by Gasteiger charge is 2.37. The van der Waals surface area contributed by atoms with Gasteiger partial charge in [-0.1, -0.05) is 19.1 Å². The maximum Gasteiger partial charge on any atom is 0.293 e. The number of rotatable bonds is 4. The smallest absolute Gasteiger partial charge is 0.293 e. The van der Waals surface area contributed by atoms with Gasteiger partial charge in [-0.25, -0.2) is 0 Å².